The van der Waals surface area contributed by atoms with Crippen LogP contribution in [-0.4, -0.2) is 27.1 Å². The second-order valence-corrected chi connectivity index (χ2v) is 5.01. The number of hydrogen-bond acceptors (Lipinski definition) is 4. The van der Waals surface area contributed by atoms with Crippen LogP contribution < -0.4 is 11.1 Å². The highest BCUT2D eigenvalue weighted by atomic mass is 79.9. The van der Waals surface area contributed by atoms with Crippen LogP contribution in [0.15, 0.2) is 34.0 Å². The number of oxime groups is 1. The Kier molecular flexibility index (Phi) is 4.26. The molecular formula is C11H9BrClN5O2. The number of amidine groups is 1. The zero-order valence-corrected chi connectivity index (χ0v) is 12.2. The van der Waals surface area contributed by atoms with Crippen LogP contribution in [0.2, 0.25) is 5.02 Å². The van der Waals surface area contributed by atoms with Crippen molar-refractivity contribution in [3.05, 3.63) is 45.0 Å². The average molecular weight is 359 g/mol. The third kappa shape index (κ3) is 2.91. The number of nitrogens with two attached hydrogens (primary N) is 1. The number of carbonyl (C=O) groups excluding carboxylic acids is 1. The van der Waals surface area contributed by atoms with Crippen molar-refractivity contribution in [2.24, 2.45) is 10.9 Å². The zero-order valence-electron chi connectivity index (χ0n) is 9.89. The van der Waals surface area contributed by atoms with Gasteiger partial charge in [-0.1, -0.05) is 16.8 Å². The molecule has 0 radical (unpaired) electrons. The van der Waals surface area contributed by atoms with Gasteiger partial charge in [0.2, 0.25) is 0 Å². The standard InChI is InChI=1S/C11H9BrClN5O2/c12-8-2-1-5(13)3-6(8)11(19)16-10-7(4-15-17-10)9(14)18-20/h1-4,20H,(H2,14,18)(H2,15,16,17,19). The first kappa shape index (κ1) is 14.4. The number of halogens is 2. The summed E-state index contributed by atoms with van der Waals surface area (Å²) in [6, 6.07) is 4.83. The third-order valence-electron chi connectivity index (χ3n) is 2.43. The molecule has 7 nitrogen and oxygen atoms in total. The highest BCUT2D eigenvalue weighted by Gasteiger charge is 2.16. The van der Waals surface area contributed by atoms with E-state index in [0.717, 1.165) is 0 Å². The SMILES string of the molecule is N/C(=N/O)c1cn[nH]c1NC(=O)c1cc(Cl)ccc1Br. The highest BCUT2D eigenvalue weighted by Crippen LogP contribution is 2.22. The lowest BCUT2D eigenvalue weighted by atomic mass is 10.2. The van der Waals surface area contributed by atoms with Crippen molar-refractivity contribution in [3.63, 3.8) is 0 Å². The number of rotatable bonds is 3. The Hall–Kier alpha value is -2.06. The summed E-state index contributed by atoms with van der Waals surface area (Å²) in [6.07, 6.45) is 1.33. The Morgan fingerprint density at radius 3 is 2.95 bits per heavy atom. The monoisotopic (exact) mass is 357 g/mol. The molecule has 20 heavy (non-hydrogen) atoms. The minimum atomic E-state index is -0.421. The van der Waals surface area contributed by atoms with Gasteiger partial charge in [-0.2, -0.15) is 5.10 Å². The molecule has 1 amide bonds. The summed E-state index contributed by atoms with van der Waals surface area (Å²) in [5, 5.41) is 20.8. The summed E-state index contributed by atoms with van der Waals surface area (Å²) in [5.41, 5.74) is 6.09. The van der Waals surface area contributed by atoms with Gasteiger partial charge in [-0.05, 0) is 34.1 Å². The van der Waals surface area contributed by atoms with E-state index >= 15 is 0 Å². The topological polar surface area (TPSA) is 116 Å². The number of H-pyrrole nitrogens is 1. The Morgan fingerprint density at radius 1 is 1.50 bits per heavy atom. The molecule has 0 aliphatic heterocycles. The minimum absolute atomic E-state index is 0.167. The van der Waals surface area contributed by atoms with E-state index in [2.05, 4.69) is 36.6 Å². The van der Waals surface area contributed by atoms with Crippen molar-refractivity contribution in [2.45, 2.75) is 0 Å². The van der Waals surface area contributed by atoms with Gasteiger partial charge in [-0.25, -0.2) is 0 Å². The number of benzene rings is 1. The van der Waals surface area contributed by atoms with Gasteiger partial charge in [0.05, 0.1) is 17.3 Å². The van der Waals surface area contributed by atoms with Crippen molar-refractivity contribution in [1.82, 2.24) is 10.2 Å². The Labute approximate surface area is 126 Å². The van der Waals surface area contributed by atoms with E-state index in [4.69, 9.17) is 22.5 Å². The predicted octanol–water partition coefficient (Wildman–Crippen LogP) is 2.17. The maximum Gasteiger partial charge on any atom is 0.258 e. The van der Waals surface area contributed by atoms with E-state index in [1.54, 1.807) is 12.1 Å². The number of carbonyl (C=O) groups is 1. The van der Waals surface area contributed by atoms with Crippen molar-refractivity contribution < 1.29 is 10.0 Å². The molecule has 0 saturated carbocycles. The lowest BCUT2D eigenvalue weighted by Gasteiger charge is -2.07. The lowest BCUT2D eigenvalue weighted by molar-refractivity contribution is 0.102. The maximum atomic E-state index is 12.2. The van der Waals surface area contributed by atoms with Crippen molar-refractivity contribution in [1.29, 1.82) is 0 Å². The Bertz CT molecular complexity index is 685. The molecule has 2 aromatic rings. The fraction of sp³-hybridized carbons (Fsp3) is 0. The van der Waals surface area contributed by atoms with E-state index < -0.39 is 5.91 Å². The number of anilines is 1. The fourth-order valence-corrected chi connectivity index (χ4v) is 2.08. The summed E-state index contributed by atoms with van der Waals surface area (Å²) < 4.78 is 0.587. The van der Waals surface area contributed by atoms with Gasteiger partial charge in [0, 0.05) is 9.50 Å². The first-order valence-electron chi connectivity index (χ1n) is 5.30. The second-order valence-electron chi connectivity index (χ2n) is 3.72. The molecule has 1 aromatic heterocycles. The Balaban J connectivity index is 2.29. The molecule has 0 aliphatic rings. The molecule has 5 N–H and O–H groups in total. The van der Waals surface area contributed by atoms with Crippen molar-refractivity contribution in [3.8, 4) is 0 Å². The first-order chi connectivity index (χ1) is 9.52. The lowest BCUT2D eigenvalue weighted by Crippen LogP contribution is -2.18. The van der Waals surface area contributed by atoms with Crippen LogP contribution in [0.25, 0.3) is 0 Å². The van der Waals surface area contributed by atoms with Crippen LogP contribution in [0.1, 0.15) is 15.9 Å². The number of nitrogens with zero attached hydrogens (tertiary/aromatic N) is 2. The average Bonchev–Trinajstić information content (AvgIpc) is 2.88. The molecule has 9 heteroatoms. The second kappa shape index (κ2) is 5.93. The Morgan fingerprint density at radius 2 is 2.25 bits per heavy atom. The van der Waals surface area contributed by atoms with Crippen LogP contribution in [0.3, 0.4) is 0 Å². The summed E-state index contributed by atoms with van der Waals surface area (Å²) >= 11 is 9.12. The molecule has 0 aliphatic carbocycles. The molecule has 0 fully saturated rings. The minimum Gasteiger partial charge on any atom is -0.409 e. The smallest absolute Gasteiger partial charge is 0.258 e. The number of amides is 1. The number of hydrogen-bond donors (Lipinski definition) is 4. The molecule has 0 unspecified atom stereocenters. The van der Waals surface area contributed by atoms with E-state index in [-0.39, 0.29) is 17.2 Å². The molecule has 0 saturated heterocycles. The van der Waals surface area contributed by atoms with E-state index in [0.29, 0.717) is 15.1 Å². The van der Waals surface area contributed by atoms with Crippen LogP contribution in [-0.2, 0) is 0 Å². The normalized spacial score (nSPS) is 11.4. The molecular weight excluding hydrogens is 350 g/mol. The molecule has 104 valence electrons. The summed E-state index contributed by atoms with van der Waals surface area (Å²) in [7, 11) is 0. The molecule has 1 aromatic carbocycles. The predicted molar refractivity (Wildman–Crippen MR) is 78.2 cm³/mol. The fourth-order valence-electron chi connectivity index (χ4n) is 1.48. The molecule has 2 rings (SSSR count). The van der Waals surface area contributed by atoms with Crippen LogP contribution >= 0.6 is 27.5 Å². The third-order valence-corrected chi connectivity index (χ3v) is 3.36. The zero-order chi connectivity index (χ0) is 14.7. The molecule has 0 atom stereocenters. The maximum absolute atomic E-state index is 12.2. The number of aromatic nitrogens is 2. The molecule has 1 heterocycles. The largest absolute Gasteiger partial charge is 0.409 e. The van der Waals surface area contributed by atoms with Gasteiger partial charge < -0.3 is 16.3 Å². The van der Waals surface area contributed by atoms with Crippen molar-refractivity contribution >= 4 is 45.1 Å². The van der Waals surface area contributed by atoms with Gasteiger partial charge >= 0.3 is 0 Å². The van der Waals surface area contributed by atoms with Gasteiger partial charge in [-0.3, -0.25) is 9.89 Å². The number of aromatic amines is 1. The van der Waals surface area contributed by atoms with Gasteiger partial charge in [0.15, 0.2) is 5.84 Å². The summed E-state index contributed by atoms with van der Waals surface area (Å²) in [5.74, 6) is -0.369. The quantitative estimate of drug-likeness (QED) is 0.291. The summed E-state index contributed by atoms with van der Waals surface area (Å²) in [6.45, 7) is 0. The first-order valence-corrected chi connectivity index (χ1v) is 6.47. The van der Waals surface area contributed by atoms with Gasteiger partial charge in [0.1, 0.15) is 5.82 Å². The van der Waals surface area contributed by atoms with E-state index in [1.165, 1.54) is 12.3 Å². The van der Waals surface area contributed by atoms with Gasteiger partial charge in [0.25, 0.3) is 5.91 Å². The van der Waals surface area contributed by atoms with Crippen LogP contribution in [0.5, 0.6) is 0 Å². The molecule has 0 bridgehead atoms. The number of nitrogens with one attached hydrogen (secondary N) is 2. The van der Waals surface area contributed by atoms with Crippen LogP contribution in [0.4, 0.5) is 5.82 Å². The van der Waals surface area contributed by atoms with Crippen molar-refractivity contribution in [2.75, 3.05) is 5.32 Å². The highest BCUT2D eigenvalue weighted by molar-refractivity contribution is 9.10. The summed E-state index contributed by atoms with van der Waals surface area (Å²) in [4.78, 5) is 12.2. The van der Waals surface area contributed by atoms with E-state index in [1.807, 2.05) is 0 Å². The van der Waals surface area contributed by atoms with Gasteiger partial charge in [-0.15, -0.1) is 0 Å². The van der Waals surface area contributed by atoms with E-state index in [9.17, 15) is 4.79 Å². The molecule has 0 spiro atoms. The van der Waals surface area contributed by atoms with Crippen LogP contribution in [0, 0.1) is 0 Å².